The number of benzene rings is 2. The van der Waals surface area contributed by atoms with E-state index in [1.165, 1.54) is 4.90 Å². The van der Waals surface area contributed by atoms with E-state index >= 15 is 0 Å². The van der Waals surface area contributed by atoms with E-state index in [-0.39, 0.29) is 18.4 Å². The summed E-state index contributed by atoms with van der Waals surface area (Å²) in [6, 6.07) is 14.4. The van der Waals surface area contributed by atoms with Gasteiger partial charge in [-0.1, -0.05) is 24.3 Å². The fourth-order valence-electron chi connectivity index (χ4n) is 2.35. The van der Waals surface area contributed by atoms with Gasteiger partial charge >= 0.3 is 0 Å². The quantitative estimate of drug-likeness (QED) is 0.880. The number of hydrogen-bond acceptors (Lipinski definition) is 3. The predicted molar refractivity (Wildman–Crippen MR) is 81.1 cm³/mol. The summed E-state index contributed by atoms with van der Waals surface area (Å²) in [7, 11) is 0. The lowest BCUT2D eigenvalue weighted by atomic mass is 10.1. The van der Waals surface area contributed by atoms with Crippen molar-refractivity contribution in [3.8, 4) is 0 Å². The van der Waals surface area contributed by atoms with E-state index in [0.717, 1.165) is 5.56 Å². The minimum absolute atomic E-state index is 0.0223. The number of amides is 2. The third-order valence-corrected chi connectivity index (χ3v) is 3.45. The monoisotopic (exact) mass is 281 g/mol. The number of para-hydroxylation sites is 2. The number of carbonyl (C=O) groups is 2. The van der Waals surface area contributed by atoms with Crippen LogP contribution in [-0.2, 0) is 11.3 Å². The number of hydrogen-bond donors (Lipinski definition) is 2. The van der Waals surface area contributed by atoms with Gasteiger partial charge in [0.15, 0.2) is 0 Å². The number of carbonyl (C=O) groups excluding carboxylic acids is 2. The summed E-state index contributed by atoms with van der Waals surface area (Å²) < 4.78 is 0. The number of anilines is 2. The predicted octanol–water partition coefficient (Wildman–Crippen LogP) is 1.74. The summed E-state index contributed by atoms with van der Waals surface area (Å²) in [5.74, 6) is -0.388. The van der Waals surface area contributed by atoms with Crippen molar-refractivity contribution in [1.82, 2.24) is 0 Å². The van der Waals surface area contributed by atoms with Crippen LogP contribution >= 0.6 is 0 Å². The minimum atomic E-state index is -0.194. The standard InChI is InChI=1S/C16H15N3O2/c17-9-11-5-7-12(8-6-11)16(21)19-10-15(20)18-13-3-1-2-4-14(13)19/h1-8H,9-10,17H2,(H,18,20). The number of rotatable bonds is 2. The fraction of sp³-hybridized carbons (Fsp3) is 0.125. The van der Waals surface area contributed by atoms with Gasteiger partial charge in [0.1, 0.15) is 6.54 Å². The SMILES string of the molecule is NCc1ccc(C(=O)N2CC(=O)Nc3ccccc32)cc1. The minimum Gasteiger partial charge on any atom is -0.326 e. The van der Waals surface area contributed by atoms with Crippen LogP contribution in [0.2, 0.25) is 0 Å². The summed E-state index contributed by atoms with van der Waals surface area (Å²) in [5, 5.41) is 2.77. The van der Waals surface area contributed by atoms with Gasteiger partial charge in [0.25, 0.3) is 5.91 Å². The number of nitrogens with one attached hydrogen (secondary N) is 1. The Hall–Kier alpha value is -2.66. The molecule has 1 aliphatic rings. The van der Waals surface area contributed by atoms with E-state index < -0.39 is 0 Å². The van der Waals surface area contributed by atoms with E-state index in [2.05, 4.69) is 5.32 Å². The highest BCUT2D eigenvalue weighted by molar-refractivity contribution is 6.15. The van der Waals surface area contributed by atoms with E-state index in [9.17, 15) is 9.59 Å². The molecule has 0 aliphatic carbocycles. The molecule has 2 amide bonds. The summed E-state index contributed by atoms with van der Waals surface area (Å²) in [6.45, 7) is 0.456. The molecule has 0 aromatic heterocycles. The zero-order valence-electron chi connectivity index (χ0n) is 11.4. The molecule has 0 fully saturated rings. The van der Waals surface area contributed by atoms with Crippen molar-refractivity contribution < 1.29 is 9.59 Å². The van der Waals surface area contributed by atoms with Crippen LogP contribution < -0.4 is 16.0 Å². The lowest BCUT2D eigenvalue weighted by Gasteiger charge is -2.29. The molecule has 1 heterocycles. The molecule has 106 valence electrons. The number of fused-ring (bicyclic) bond motifs is 1. The van der Waals surface area contributed by atoms with Crippen molar-refractivity contribution >= 4 is 23.2 Å². The molecular weight excluding hydrogens is 266 g/mol. The van der Waals surface area contributed by atoms with Gasteiger partial charge in [0.05, 0.1) is 11.4 Å². The zero-order chi connectivity index (χ0) is 14.8. The third-order valence-electron chi connectivity index (χ3n) is 3.45. The Morgan fingerprint density at radius 2 is 1.86 bits per heavy atom. The molecule has 1 aliphatic heterocycles. The first-order valence-electron chi connectivity index (χ1n) is 6.69. The van der Waals surface area contributed by atoms with Crippen molar-refractivity contribution in [2.24, 2.45) is 5.73 Å². The van der Waals surface area contributed by atoms with E-state index in [4.69, 9.17) is 5.73 Å². The van der Waals surface area contributed by atoms with Crippen molar-refractivity contribution in [2.45, 2.75) is 6.54 Å². The fourth-order valence-corrected chi connectivity index (χ4v) is 2.35. The van der Waals surface area contributed by atoms with Gasteiger partial charge < -0.3 is 11.1 Å². The topological polar surface area (TPSA) is 75.4 Å². The van der Waals surface area contributed by atoms with Crippen molar-refractivity contribution in [1.29, 1.82) is 0 Å². The Bertz CT molecular complexity index is 695. The molecule has 5 nitrogen and oxygen atoms in total. The molecule has 0 radical (unpaired) electrons. The van der Waals surface area contributed by atoms with Crippen LogP contribution in [0, 0.1) is 0 Å². The van der Waals surface area contributed by atoms with Gasteiger partial charge in [-0.3, -0.25) is 14.5 Å². The van der Waals surface area contributed by atoms with Crippen molar-refractivity contribution in [3.05, 3.63) is 59.7 Å². The molecule has 5 heteroatoms. The summed E-state index contributed by atoms with van der Waals surface area (Å²) in [6.07, 6.45) is 0. The molecule has 3 N–H and O–H groups in total. The molecule has 0 spiro atoms. The molecule has 2 aromatic carbocycles. The molecule has 0 unspecified atom stereocenters. The molecule has 3 rings (SSSR count). The highest BCUT2D eigenvalue weighted by Crippen LogP contribution is 2.30. The second-order valence-electron chi connectivity index (χ2n) is 4.86. The Morgan fingerprint density at radius 3 is 2.57 bits per heavy atom. The van der Waals surface area contributed by atoms with E-state index in [1.807, 2.05) is 30.3 Å². The van der Waals surface area contributed by atoms with Crippen LogP contribution in [0.15, 0.2) is 48.5 Å². The third kappa shape index (κ3) is 2.51. The Balaban J connectivity index is 1.95. The summed E-state index contributed by atoms with van der Waals surface area (Å²) in [5.41, 5.74) is 8.42. The Morgan fingerprint density at radius 1 is 1.14 bits per heavy atom. The molecule has 0 saturated heterocycles. The Labute approximate surface area is 122 Å². The smallest absolute Gasteiger partial charge is 0.258 e. The molecule has 21 heavy (non-hydrogen) atoms. The van der Waals surface area contributed by atoms with Crippen LogP contribution in [-0.4, -0.2) is 18.4 Å². The van der Waals surface area contributed by atoms with Gasteiger partial charge in [0.2, 0.25) is 5.91 Å². The second-order valence-corrected chi connectivity index (χ2v) is 4.86. The summed E-state index contributed by atoms with van der Waals surface area (Å²) >= 11 is 0. The normalized spacial score (nSPS) is 13.6. The highest BCUT2D eigenvalue weighted by Gasteiger charge is 2.27. The van der Waals surface area contributed by atoms with E-state index in [1.54, 1.807) is 18.2 Å². The van der Waals surface area contributed by atoms with Gasteiger partial charge in [-0.2, -0.15) is 0 Å². The number of nitrogens with zero attached hydrogens (tertiary/aromatic N) is 1. The second kappa shape index (κ2) is 5.38. The average Bonchev–Trinajstić information content (AvgIpc) is 2.53. The van der Waals surface area contributed by atoms with Crippen LogP contribution in [0.5, 0.6) is 0 Å². The maximum Gasteiger partial charge on any atom is 0.258 e. The Kier molecular flexibility index (Phi) is 3.41. The van der Waals surface area contributed by atoms with Crippen molar-refractivity contribution in [3.63, 3.8) is 0 Å². The molecule has 0 atom stereocenters. The van der Waals surface area contributed by atoms with E-state index in [0.29, 0.717) is 23.5 Å². The zero-order valence-corrected chi connectivity index (χ0v) is 11.4. The molecule has 0 bridgehead atoms. The van der Waals surface area contributed by atoms with Crippen LogP contribution in [0.25, 0.3) is 0 Å². The lowest BCUT2D eigenvalue weighted by molar-refractivity contribution is -0.115. The maximum atomic E-state index is 12.6. The first kappa shape index (κ1) is 13.3. The maximum absolute atomic E-state index is 12.6. The lowest BCUT2D eigenvalue weighted by Crippen LogP contribution is -2.42. The van der Waals surface area contributed by atoms with Crippen LogP contribution in [0.3, 0.4) is 0 Å². The molecule has 0 saturated carbocycles. The van der Waals surface area contributed by atoms with Crippen molar-refractivity contribution in [2.75, 3.05) is 16.8 Å². The molecular formula is C16H15N3O2. The van der Waals surface area contributed by atoms with Crippen LogP contribution in [0.4, 0.5) is 11.4 Å². The van der Waals surface area contributed by atoms with Gasteiger partial charge in [0, 0.05) is 12.1 Å². The highest BCUT2D eigenvalue weighted by atomic mass is 16.2. The van der Waals surface area contributed by atoms with Gasteiger partial charge in [-0.25, -0.2) is 0 Å². The summed E-state index contributed by atoms with van der Waals surface area (Å²) in [4.78, 5) is 25.9. The largest absolute Gasteiger partial charge is 0.326 e. The first-order chi connectivity index (χ1) is 10.2. The number of nitrogens with two attached hydrogens (primary N) is 1. The van der Waals surface area contributed by atoms with Gasteiger partial charge in [-0.05, 0) is 29.8 Å². The average molecular weight is 281 g/mol. The van der Waals surface area contributed by atoms with Gasteiger partial charge in [-0.15, -0.1) is 0 Å². The molecule has 2 aromatic rings. The van der Waals surface area contributed by atoms with Crippen LogP contribution in [0.1, 0.15) is 15.9 Å². The first-order valence-corrected chi connectivity index (χ1v) is 6.69.